The van der Waals surface area contributed by atoms with Crippen LogP contribution in [0.2, 0.25) is 0 Å². The second kappa shape index (κ2) is 7.52. The third-order valence-corrected chi connectivity index (χ3v) is 5.34. The fourth-order valence-corrected chi connectivity index (χ4v) is 3.73. The van der Waals surface area contributed by atoms with Gasteiger partial charge in [-0.25, -0.2) is 4.68 Å². The molecule has 0 bridgehead atoms. The maximum atomic E-state index is 13.1. The van der Waals surface area contributed by atoms with E-state index in [-0.39, 0.29) is 11.9 Å². The summed E-state index contributed by atoms with van der Waals surface area (Å²) >= 11 is 0. The monoisotopic (exact) mass is 367 g/mol. The van der Waals surface area contributed by atoms with Crippen LogP contribution in [0.3, 0.4) is 0 Å². The van der Waals surface area contributed by atoms with Crippen LogP contribution in [-0.4, -0.2) is 45.4 Å². The van der Waals surface area contributed by atoms with E-state index < -0.39 is 0 Å². The molecule has 7 heteroatoms. The highest BCUT2D eigenvalue weighted by Crippen LogP contribution is 2.28. The first-order chi connectivity index (χ1) is 13.2. The van der Waals surface area contributed by atoms with Crippen molar-refractivity contribution in [3.63, 3.8) is 0 Å². The van der Waals surface area contributed by atoms with E-state index >= 15 is 0 Å². The van der Waals surface area contributed by atoms with E-state index in [0.29, 0.717) is 18.3 Å². The fraction of sp³-hybridized carbons (Fsp3) is 0.450. The molecular formula is C20H25N5O2. The smallest absolute Gasteiger partial charge is 0.276 e. The molecule has 1 aliphatic rings. The van der Waals surface area contributed by atoms with Gasteiger partial charge in [-0.3, -0.25) is 4.79 Å². The summed E-state index contributed by atoms with van der Waals surface area (Å²) in [6, 6.07) is 10.0. The Labute approximate surface area is 158 Å². The number of piperidine rings is 1. The molecule has 27 heavy (non-hydrogen) atoms. The predicted molar refractivity (Wildman–Crippen MR) is 103 cm³/mol. The Bertz CT molecular complexity index is 892. The highest BCUT2D eigenvalue weighted by Gasteiger charge is 2.27. The molecule has 1 fully saturated rings. The van der Waals surface area contributed by atoms with E-state index in [4.69, 9.17) is 4.42 Å². The molecule has 1 saturated heterocycles. The number of fused-ring (bicyclic) bond motifs is 1. The van der Waals surface area contributed by atoms with Crippen LogP contribution in [0.1, 0.15) is 55.0 Å². The summed E-state index contributed by atoms with van der Waals surface area (Å²) in [7, 11) is 0. The van der Waals surface area contributed by atoms with Gasteiger partial charge in [0.15, 0.2) is 5.69 Å². The Morgan fingerprint density at radius 2 is 2.15 bits per heavy atom. The zero-order valence-corrected chi connectivity index (χ0v) is 15.8. The lowest BCUT2D eigenvalue weighted by Crippen LogP contribution is -2.33. The number of carbonyl (C=O) groups is 1. The number of rotatable bonds is 5. The van der Waals surface area contributed by atoms with Gasteiger partial charge in [-0.15, -0.1) is 5.10 Å². The molecule has 4 rings (SSSR count). The summed E-state index contributed by atoms with van der Waals surface area (Å²) in [6.07, 6.45) is 3.79. The molecule has 0 spiro atoms. The minimum atomic E-state index is -0.182. The number of carbonyl (C=O) groups excluding carboxylic acids is 1. The summed E-state index contributed by atoms with van der Waals surface area (Å²) in [5.41, 5.74) is 1.22. The van der Waals surface area contributed by atoms with Crippen molar-refractivity contribution < 1.29 is 9.21 Å². The summed E-state index contributed by atoms with van der Waals surface area (Å²) in [6.45, 7) is 6.46. The first kappa shape index (κ1) is 17.7. The van der Waals surface area contributed by atoms with Crippen LogP contribution in [0.4, 0.5) is 0 Å². The fourth-order valence-electron chi connectivity index (χ4n) is 3.73. The van der Waals surface area contributed by atoms with Gasteiger partial charge in [-0.1, -0.05) is 23.4 Å². The first-order valence-corrected chi connectivity index (χ1v) is 9.59. The highest BCUT2D eigenvalue weighted by molar-refractivity contribution is 5.92. The molecule has 3 aromatic rings. The average molecular weight is 367 g/mol. The molecule has 1 atom stereocenters. The van der Waals surface area contributed by atoms with Gasteiger partial charge in [0, 0.05) is 11.9 Å². The Hall–Kier alpha value is -2.67. The van der Waals surface area contributed by atoms with Crippen molar-refractivity contribution in [3.8, 4) is 0 Å². The van der Waals surface area contributed by atoms with Gasteiger partial charge in [0.05, 0.1) is 18.3 Å². The van der Waals surface area contributed by atoms with E-state index in [9.17, 15) is 4.79 Å². The van der Waals surface area contributed by atoms with Crippen molar-refractivity contribution in [1.29, 1.82) is 0 Å². The van der Waals surface area contributed by atoms with Crippen LogP contribution in [0.25, 0.3) is 11.0 Å². The number of nitrogens with zero attached hydrogens (tertiary/aromatic N) is 4. The summed E-state index contributed by atoms with van der Waals surface area (Å²) in [4.78, 5) is 14.8. The molecular weight excluding hydrogens is 342 g/mol. The van der Waals surface area contributed by atoms with Crippen LogP contribution in [0.15, 0.2) is 40.9 Å². The lowest BCUT2D eigenvalue weighted by Gasteiger charge is -2.25. The van der Waals surface area contributed by atoms with Crippen LogP contribution in [0.5, 0.6) is 0 Å². The van der Waals surface area contributed by atoms with Gasteiger partial charge in [0.25, 0.3) is 5.91 Å². The minimum absolute atomic E-state index is 0.120. The lowest BCUT2D eigenvalue weighted by atomic mass is 10.1. The van der Waals surface area contributed by atoms with Gasteiger partial charge in [0.1, 0.15) is 11.3 Å². The van der Waals surface area contributed by atoms with E-state index in [2.05, 4.69) is 15.6 Å². The minimum Gasteiger partial charge on any atom is -0.459 e. The number of hydrogen-bond acceptors (Lipinski definition) is 5. The number of aromatic nitrogens is 3. The van der Waals surface area contributed by atoms with Crippen molar-refractivity contribution in [2.24, 2.45) is 0 Å². The largest absolute Gasteiger partial charge is 0.459 e. The topological polar surface area (TPSA) is 76.2 Å². The van der Waals surface area contributed by atoms with Crippen molar-refractivity contribution >= 4 is 16.9 Å². The highest BCUT2D eigenvalue weighted by atomic mass is 16.3. The zero-order chi connectivity index (χ0) is 18.8. The van der Waals surface area contributed by atoms with Gasteiger partial charge in [-0.2, -0.15) is 0 Å². The van der Waals surface area contributed by atoms with Gasteiger partial charge in [-0.05, 0) is 51.9 Å². The van der Waals surface area contributed by atoms with Crippen molar-refractivity contribution in [2.75, 3.05) is 19.6 Å². The van der Waals surface area contributed by atoms with Gasteiger partial charge < -0.3 is 14.6 Å². The molecule has 2 aromatic heterocycles. The molecule has 0 radical (unpaired) electrons. The summed E-state index contributed by atoms with van der Waals surface area (Å²) in [5.74, 6) is 0.655. The average Bonchev–Trinajstić information content (AvgIpc) is 3.36. The molecule has 1 N–H and O–H groups in total. The van der Waals surface area contributed by atoms with E-state index in [0.717, 1.165) is 42.7 Å². The quantitative estimate of drug-likeness (QED) is 0.750. The van der Waals surface area contributed by atoms with Crippen LogP contribution in [0, 0.1) is 0 Å². The molecule has 0 saturated carbocycles. The molecule has 1 aromatic carbocycles. The van der Waals surface area contributed by atoms with Gasteiger partial charge in [0.2, 0.25) is 0 Å². The number of nitrogens with one attached hydrogen (secondary N) is 1. The Balaban J connectivity index is 1.54. The zero-order valence-electron chi connectivity index (χ0n) is 15.8. The second-order valence-corrected chi connectivity index (χ2v) is 7.02. The maximum absolute atomic E-state index is 13.1. The molecule has 1 amide bonds. The molecule has 3 heterocycles. The molecule has 0 aliphatic carbocycles. The number of furan rings is 1. The standard InChI is InChI=1S/C20H25N5O2/c1-3-24(14(2)19-12-15-6-4-5-7-18(15)27-19)20(26)17-13-25(23-22-17)16-8-10-21-11-9-16/h4-7,12-14,16,21H,3,8-11H2,1-2H3. The van der Waals surface area contributed by atoms with Crippen LogP contribution in [-0.2, 0) is 0 Å². The number of hydrogen-bond donors (Lipinski definition) is 1. The van der Waals surface area contributed by atoms with E-state index in [1.807, 2.05) is 48.9 Å². The van der Waals surface area contributed by atoms with E-state index in [1.165, 1.54) is 0 Å². The Morgan fingerprint density at radius 1 is 1.37 bits per heavy atom. The van der Waals surface area contributed by atoms with Gasteiger partial charge >= 0.3 is 0 Å². The lowest BCUT2D eigenvalue weighted by molar-refractivity contribution is 0.0678. The van der Waals surface area contributed by atoms with Crippen molar-refractivity contribution in [2.45, 2.75) is 38.8 Å². The summed E-state index contributed by atoms with van der Waals surface area (Å²) < 4.78 is 7.80. The van der Waals surface area contributed by atoms with Crippen LogP contribution >= 0.6 is 0 Å². The second-order valence-electron chi connectivity index (χ2n) is 7.02. The Kier molecular flexibility index (Phi) is 4.94. The van der Waals surface area contributed by atoms with E-state index in [1.54, 1.807) is 11.1 Å². The summed E-state index contributed by atoms with van der Waals surface area (Å²) in [5, 5.41) is 12.7. The normalized spacial score (nSPS) is 16.5. The van der Waals surface area contributed by atoms with Crippen molar-refractivity contribution in [1.82, 2.24) is 25.2 Å². The maximum Gasteiger partial charge on any atom is 0.276 e. The number of para-hydroxylation sites is 1. The number of benzene rings is 1. The first-order valence-electron chi connectivity index (χ1n) is 9.59. The number of amides is 1. The molecule has 7 nitrogen and oxygen atoms in total. The molecule has 1 unspecified atom stereocenters. The molecule has 142 valence electrons. The van der Waals surface area contributed by atoms with Crippen molar-refractivity contribution in [3.05, 3.63) is 48.0 Å². The Morgan fingerprint density at radius 3 is 2.89 bits per heavy atom. The predicted octanol–water partition coefficient (Wildman–Crippen LogP) is 3.17. The third-order valence-electron chi connectivity index (χ3n) is 5.34. The van der Waals surface area contributed by atoms with Crippen LogP contribution < -0.4 is 5.32 Å². The SMILES string of the molecule is CCN(C(=O)c1cn(C2CCNCC2)nn1)C(C)c1cc2ccccc2o1. The third kappa shape index (κ3) is 3.47. The molecule has 1 aliphatic heterocycles.